The van der Waals surface area contributed by atoms with Crippen molar-refractivity contribution in [2.75, 3.05) is 5.32 Å². The van der Waals surface area contributed by atoms with Crippen molar-refractivity contribution in [3.05, 3.63) is 60.0 Å². The average molecular weight is 372 g/mol. The van der Waals surface area contributed by atoms with E-state index in [1.807, 2.05) is 0 Å². The molecule has 1 heterocycles. The van der Waals surface area contributed by atoms with Crippen molar-refractivity contribution >= 4 is 11.4 Å². The van der Waals surface area contributed by atoms with E-state index in [2.05, 4.69) is 21.6 Å². The predicted molar refractivity (Wildman–Crippen MR) is 93.0 cm³/mol. The van der Waals surface area contributed by atoms with Crippen LogP contribution in [0.15, 0.2) is 52.9 Å². The van der Waals surface area contributed by atoms with Gasteiger partial charge in [-0.3, -0.25) is 0 Å². The Kier molecular flexibility index (Phi) is 5.41. The van der Waals surface area contributed by atoms with Gasteiger partial charge in [0, 0.05) is 18.5 Å². The minimum absolute atomic E-state index is 0.303. The number of nitriles is 1. The highest BCUT2D eigenvalue weighted by atomic mass is 19.4. The molecule has 1 aromatic heterocycles. The summed E-state index contributed by atoms with van der Waals surface area (Å²) >= 11 is 0. The van der Waals surface area contributed by atoms with Crippen LogP contribution in [0.1, 0.15) is 24.3 Å². The normalized spacial score (nSPS) is 11.2. The minimum Gasteiger partial charge on any atom is -0.421 e. The predicted octanol–water partition coefficient (Wildman–Crippen LogP) is 5.35. The van der Waals surface area contributed by atoms with Crippen LogP contribution < -0.4 is 5.32 Å². The van der Waals surface area contributed by atoms with Gasteiger partial charge in [0.15, 0.2) is 0 Å². The van der Waals surface area contributed by atoms with Crippen LogP contribution in [0.2, 0.25) is 0 Å². The lowest BCUT2D eigenvalue weighted by Gasteiger charge is -2.11. The van der Waals surface area contributed by atoms with Crippen LogP contribution in [0.5, 0.6) is 0 Å². The number of anilines is 2. The van der Waals surface area contributed by atoms with E-state index < -0.39 is 11.7 Å². The van der Waals surface area contributed by atoms with E-state index in [4.69, 9.17) is 9.68 Å². The lowest BCUT2D eigenvalue weighted by Crippen LogP contribution is -2.04. The summed E-state index contributed by atoms with van der Waals surface area (Å²) < 4.78 is 43.7. The molecule has 2 aromatic carbocycles. The molecule has 8 heteroatoms. The summed E-state index contributed by atoms with van der Waals surface area (Å²) in [4.78, 5) is 0. The Labute approximate surface area is 153 Å². The maximum atomic E-state index is 12.7. The Balaban J connectivity index is 1.79. The number of rotatable bonds is 6. The number of halogens is 3. The SMILES string of the molecule is N#CCCCc1nnc(-c2ccccc2Nc2ccc(C(F)(F)F)cc2)o1. The van der Waals surface area contributed by atoms with E-state index >= 15 is 0 Å². The molecule has 3 aromatic rings. The van der Waals surface area contributed by atoms with Gasteiger partial charge < -0.3 is 9.73 Å². The largest absolute Gasteiger partial charge is 0.421 e. The fourth-order valence-corrected chi connectivity index (χ4v) is 2.46. The van der Waals surface area contributed by atoms with Gasteiger partial charge in [-0.15, -0.1) is 10.2 Å². The number of alkyl halides is 3. The van der Waals surface area contributed by atoms with Crippen molar-refractivity contribution in [3.8, 4) is 17.5 Å². The van der Waals surface area contributed by atoms with Gasteiger partial charge in [0.25, 0.3) is 0 Å². The molecule has 3 rings (SSSR count). The first-order chi connectivity index (χ1) is 13.0. The molecule has 0 amide bonds. The minimum atomic E-state index is -4.37. The number of aromatic nitrogens is 2. The van der Waals surface area contributed by atoms with Crippen LogP contribution >= 0.6 is 0 Å². The summed E-state index contributed by atoms with van der Waals surface area (Å²) in [5.74, 6) is 0.738. The monoisotopic (exact) mass is 372 g/mol. The molecule has 0 fully saturated rings. The van der Waals surface area contributed by atoms with Gasteiger partial charge in [0.1, 0.15) is 0 Å². The standard InChI is InChI=1S/C19H15F3N4O/c20-19(21,22)13-8-10-14(11-9-13)24-16-6-2-1-5-15(16)18-26-25-17(27-18)7-3-4-12-23/h1-2,5-6,8-11,24H,3-4,7H2. The molecule has 0 saturated heterocycles. The maximum absolute atomic E-state index is 12.7. The van der Waals surface area contributed by atoms with Gasteiger partial charge in [-0.2, -0.15) is 18.4 Å². The lowest BCUT2D eigenvalue weighted by atomic mass is 10.1. The molecule has 0 unspecified atom stereocenters. The quantitative estimate of drug-likeness (QED) is 0.591. The summed E-state index contributed by atoms with van der Waals surface area (Å²) in [6, 6.07) is 14.0. The van der Waals surface area contributed by atoms with Gasteiger partial charge in [0.2, 0.25) is 11.8 Å². The number of nitrogens with zero attached hydrogens (tertiary/aromatic N) is 3. The van der Waals surface area contributed by atoms with Crippen LogP contribution in [-0.4, -0.2) is 10.2 Å². The van der Waals surface area contributed by atoms with Gasteiger partial charge in [-0.05, 0) is 42.8 Å². The zero-order valence-electron chi connectivity index (χ0n) is 14.1. The van der Waals surface area contributed by atoms with Crippen molar-refractivity contribution in [1.29, 1.82) is 5.26 Å². The highest BCUT2D eigenvalue weighted by Gasteiger charge is 2.29. The molecule has 1 N–H and O–H groups in total. The fourth-order valence-electron chi connectivity index (χ4n) is 2.46. The first kappa shape index (κ1) is 18.5. The first-order valence-electron chi connectivity index (χ1n) is 8.20. The molecule has 0 aliphatic carbocycles. The van der Waals surface area contributed by atoms with E-state index in [9.17, 15) is 13.2 Å². The van der Waals surface area contributed by atoms with Crippen molar-refractivity contribution in [1.82, 2.24) is 10.2 Å². The van der Waals surface area contributed by atoms with Gasteiger partial charge in [-0.25, -0.2) is 0 Å². The van der Waals surface area contributed by atoms with Crippen LogP contribution in [0.4, 0.5) is 24.5 Å². The fraction of sp³-hybridized carbons (Fsp3) is 0.211. The zero-order valence-corrected chi connectivity index (χ0v) is 14.1. The van der Waals surface area contributed by atoms with Crippen molar-refractivity contribution in [2.24, 2.45) is 0 Å². The van der Waals surface area contributed by atoms with Gasteiger partial charge in [-0.1, -0.05) is 12.1 Å². The first-order valence-corrected chi connectivity index (χ1v) is 8.20. The number of para-hydroxylation sites is 1. The van der Waals surface area contributed by atoms with Gasteiger partial charge >= 0.3 is 6.18 Å². The summed E-state index contributed by atoms with van der Waals surface area (Å²) in [7, 11) is 0. The number of aryl methyl sites for hydroxylation is 1. The summed E-state index contributed by atoms with van der Waals surface area (Å²) in [6.07, 6.45) is -2.83. The molecular weight excluding hydrogens is 357 g/mol. The van der Waals surface area contributed by atoms with E-state index in [0.29, 0.717) is 48.0 Å². The topological polar surface area (TPSA) is 74.7 Å². The van der Waals surface area contributed by atoms with E-state index in [1.165, 1.54) is 12.1 Å². The van der Waals surface area contributed by atoms with Crippen LogP contribution in [0, 0.1) is 11.3 Å². The summed E-state index contributed by atoms with van der Waals surface area (Å²) in [5.41, 5.74) is 1.06. The second-order valence-electron chi connectivity index (χ2n) is 5.76. The molecule has 5 nitrogen and oxygen atoms in total. The number of hydrogen-bond acceptors (Lipinski definition) is 5. The zero-order chi connectivity index (χ0) is 19.3. The number of hydrogen-bond donors (Lipinski definition) is 1. The van der Waals surface area contributed by atoms with E-state index in [-0.39, 0.29) is 0 Å². The third kappa shape index (κ3) is 4.64. The smallest absolute Gasteiger partial charge is 0.416 e. The molecular formula is C19H15F3N4O. The van der Waals surface area contributed by atoms with E-state index in [0.717, 1.165) is 12.1 Å². The maximum Gasteiger partial charge on any atom is 0.416 e. The lowest BCUT2D eigenvalue weighted by molar-refractivity contribution is -0.137. The Hall–Kier alpha value is -3.34. The second kappa shape index (κ2) is 7.91. The summed E-state index contributed by atoms with van der Waals surface area (Å²) in [5, 5.41) is 19.6. The summed E-state index contributed by atoms with van der Waals surface area (Å²) in [6.45, 7) is 0. The number of nitrogens with one attached hydrogen (secondary N) is 1. The molecule has 0 aliphatic rings. The third-order valence-electron chi connectivity index (χ3n) is 3.79. The molecule has 0 bridgehead atoms. The Morgan fingerprint density at radius 1 is 1.04 bits per heavy atom. The Bertz CT molecular complexity index is 943. The highest BCUT2D eigenvalue weighted by Crippen LogP contribution is 2.32. The molecule has 0 radical (unpaired) electrons. The Morgan fingerprint density at radius 2 is 1.78 bits per heavy atom. The van der Waals surface area contributed by atoms with E-state index in [1.54, 1.807) is 24.3 Å². The van der Waals surface area contributed by atoms with Crippen LogP contribution in [0.3, 0.4) is 0 Å². The van der Waals surface area contributed by atoms with Gasteiger partial charge in [0.05, 0.1) is 22.9 Å². The second-order valence-corrected chi connectivity index (χ2v) is 5.76. The number of benzene rings is 2. The molecule has 0 saturated carbocycles. The van der Waals surface area contributed by atoms with Crippen molar-refractivity contribution < 1.29 is 17.6 Å². The molecule has 138 valence electrons. The third-order valence-corrected chi connectivity index (χ3v) is 3.79. The number of unbranched alkanes of at least 4 members (excludes halogenated alkanes) is 1. The molecule has 0 spiro atoms. The van der Waals surface area contributed by atoms with Crippen molar-refractivity contribution in [2.45, 2.75) is 25.4 Å². The molecule has 0 aliphatic heterocycles. The Morgan fingerprint density at radius 3 is 2.48 bits per heavy atom. The van der Waals surface area contributed by atoms with Crippen LogP contribution in [-0.2, 0) is 12.6 Å². The molecule has 27 heavy (non-hydrogen) atoms. The highest BCUT2D eigenvalue weighted by molar-refractivity contribution is 5.76. The molecule has 0 atom stereocenters. The van der Waals surface area contributed by atoms with Crippen LogP contribution in [0.25, 0.3) is 11.5 Å². The average Bonchev–Trinajstić information content (AvgIpc) is 3.11. The van der Waals surface area contributed by atoms with Crippen molar-refractivity contribution in [3.63, 3.8) is 0 Å².